The lowest BCUT2D eigenvalue weighted by atomic mass is 10.1. The van der Waals surface area contributed by atoms with Crippen molar-refractivity contribution in [1.82, 2.24) is 0 Å². The number of aryl methyl sites for hydroxylation is 2. The average Bonchev–Trinajstić information content (AvgIpc) is 2.08. The van der Waals surface area contributed by atoms with Gasteiger partial charge in [0.15, 0.2) is 0 Å². The van der Waals surface area contributed by atoms with E-state index in [0.29, 0.717) is 0 Å². The van der Waals surface area contributed by atoms with E-state index in [0.717, 1.165) is 11.3 Å². The Morgan fingerprint density at radius 2 is 1.85 bits per heavy atom. The standard InChI is InChI=1S/C10H15NOS/c1-6-4-8(10(11)13)9(12-3)5-7(6)2/h4-5,10,13H,11H2,1-3H3. The Kier molecular flexibility index (Phi) is 3.22. The van der Waals surface area contributed by atoms with Crippen molar-refractivity contribution < 1.29 is 4.74 Å². The van der Waals surface area contributed by atoms with Crippen LogP contribution in [0.3, 0.4) is 0 Å². The maximum atomic E-state index is 5.69. The lowest BCUT2D eigenvalue weighted by molar-refractivity contribution is 0.409. The van der Waals surface area contributed by atoms with Crippen molar-refractivity contribution in [2.45, 2.75) is 19.2 Å². The molecule has 0 saturated heterocycles. The fraction of sp³-hybridized carbons (Fsp3) is 0.400. The highest BCUT2D eigenvalue weighted by molar-refractivity contribution is 7.80. The normalized spacial score (nSPS) is 12.7. The molecular weight excluding hydrogens is 182 g/mol. The van der Waals surface area contributed by atoms with Crippen LogP contribution in [0.15, 0.2) is 12.1 Å². The lowest BCUT2D eigenvalue weighted by Gasteiger charge is -2.13. The van der Waals surface area contributed by atoms with Gasteiger partial charge in [0.1, 0.15) is 5.75 Å². The van der Waals surface area contributed by atoms with Gasteiger partial charge in [-0.25, -0.2) is 0 Å². The Labute approximate surface area is 84.5 Å². The molecule has 13 heavy (non-hydrogen) atoms. The van der Waals surface area contributed by atoms with Gasteiger partial charge in [-0.15, -0.1) is 0 Å². The second-order valence-electron chi connectivity index (χ2n) is 3.12. The second kappa shape index (κ2) is 4.03. The molecule has 0 heterocycles. The molecule has 0 aliphatic rings. The highest BCUT2D eigenvalue weighted by atomic mass is 32.1. The smallest absolute Gasteiger partial charge is 0.124 e. The van der Waals surface area contributed by atoms with Crippen LogP contribution in [0.4, 0.5) is 0 Å². The van der Waals surface area contributed by atoms with Gasteiger partial charge in [0.25, 0.3) is 0 Å². The third-order valence-electron chi connectivity index (χ3n) is 2.16. The summed E-state index contributed by atoms with van der Waals surface area (Å²) < 4.78 is 5.21. The third-order valence-corrected chi connectivity index (χ3v) is 2.44. The Bertz CT molecular complexity index is 310. The fourth-order valence-electron chi connectivity index (χ4n) is 1.22. The van der Waals surface area contributed by atoms with E-state index in [1.807, 2.05) is 19.1 Å². The molecule has 0 fully saturated rings. The number of hydrogen-bond acceptors (Lipinski definition) is 3. The molecule has 1 aromatic carbocycles. The predicted molar refractivity (Wildman–Crippen MR) is 58.4 cm³/mol. The van der Waals surface area contributed by atoms with E-state index in [4.69, 9.17) is 10.5 Å². The third kappa shape index (κ3) is 2.17. The van der Waals surface area contributed by atoms with Gasteiger partial charge >= 0.3 is 0 Å². The summed E-state index contributed by atoms with van der Waals surface area (Å²) >= 11 is 4.19. The zero-order chi connectivity index (χ0) is 10.0. The minimum atomic E-state index is -0.283. The molecule has 0 saturated carbocycles. The molecule has 0 aromatic heterocycles. The molecule has 0 radical (unpaired) electrons. The first-order valence-electron chi connectivity index (χ1n) is 4.15. The van der Waals surface area contributed by atoms with Gasteiger partial charge < -0.3 is 10.5 Å². The molecule has 0 bridgehead atoms. The van der Waals surface area contributed by atoms with E-state index < -0.39 is 0 Å². The number of ether oxygens (including phenoxy) is 1. The number of benzene rings is 1. The van der Waals surface area contributed by atoms with Crippen molar-refractivity contribution in [2.75, 3.05) is 7.11 Å². The first-order valence-corrected chi connectivity index (χ1v) is 4.66. The van der Waals surface area contributed by atoms with Crippen LogP contribution in [0, 0.1) is 13.8 Å². The number of rotatable bonds is 2. The zero-order valence-corrected chi connectivity index (χ0v) is 9.06. The maximum absolute atomic E-state index is 5.69. The molecule has 1 atom stereocenters. The van der Waals surface area contributed by atoms with Crippen LogP contribution < -0.4 is 10.5 Å². The van der Waals surface area contributed by atoms with E-state index in [-0.39, 0.29) is 5.37 Å². The summed E-state index contributed by atoms with van der Waals surface area (Å²) in [5.41, 5.74) is 9.04. The van der Waals surface area contributed by atoms with Gasteiger partial charge in [0, 0.05) is 5.56 Å². The van der Waals surface area contributed by atoms with E-state index in [9.17, 15) is 0 Å². The molecule has 3 heteroatoms. The molecule has 0 aliphatic carbocycles. The molecule has 1 unspecified atom stereocenters. The summed E-state index contributed by atoms with van der Waals surface area (Å²) in [6, 6.07) is 4.01. The second-order valence-corrected chi connectivity index (χ2v) is 3.68. The maximum Gasteiger partial charge on any atom is 0.124 e. The summed E-state index contributed by atoms with van der Waals surface area (Å²) in [5.74, 6) is 0.811. The van der Waals surface area contributed by atoms with Gasteiger partial charge in [-0.1, -0.05) is 0 Å². The van der Waals surface area contributed by atoms with Crippen LogP contribution in [-0.4, -0.2) is 7.11 Å². The minimum absolute atomic E-state index is 0.283. The van der Waals surface area contributed by atoms with Gasteiger partial charge in [0.05, 0.1) is 12.5 Å². The molecule has 2 nitrogen and oxygen atoms in total. The van der Waals surface area contributed by atoms with Crippen molar-refractivity contribution >= 4 is 12.6 Å². The fourth-order valence-corrected chi connectivity index (χ4v) is 1.42. The SMILES string of the molecule is COc1cc(C)c(C)cc1C(N)S. The van der Waals surface area contributed by atoms with Crippen LogP contribution in [0.5, 0.6) is 5.75 Å². The Morgan fingerprint density at radius 3 is 2.31 bits per heavy atom. The summed E-state index contributed by atoms with van der Waals surface area (Å²) in [7, 11) is 1.64. The van der Waals surface area contributed by atoms with Crippen molar-refractivity contribution in [3.8, 4) is 5.75 Å². The first kappa shape index (κ1) is 10.4. The molecule has 2 N–H and O–H groups in total. The minimum Gasteiger partial charge on any atom is -0.496 e. The van der Waals surface area contributed by atoms with Crippen molar-refractivity contribution in [3.63, 3.8) is 0 Å². The largest absolute Gasteiger partial charge is 0.496 e. The Morgan fingerprint density at radius 1 is 1.31 bits per heavy atom. The Balaban J connectivity index is 3.25. The molecular formula is C10H15NOS. The molecule has 72 valence electrons. The van der Waals surface area contributed by atoms with Gasteiger partial charge in [0.2, 0.25) is 0 Å². The summed E-state index contributed by atoms with van der Waals surface area (Å²) in [6.07, 6.45) is 0. The number of thiol groups is 1. The highest BCUT2D eigenvalue weighted by Crippen LogP contribution is 2.28. The summed E-state index contributed by atoms with van der Waals surface area (Å²) in [6.45, 7) is 4.10. The van der Waals surface area contributed by atoms with Crippen LogP contribution in [0.2, 0.25) is 0 Å². The molecule has 0 spiro atoms. The van der Waals surface area contributed by atoms with E-state index in [1.165, 1.54) is 11.1 Å². The summed E-state index contributed by atoms with van der Waals surface area (Å²) in [4.78, 5) is 0. The van der Waals surface area contributed by atoms with Crippen LogP contribution in [0.25, 0.3) is 0 Å². The van der Waals surface area contributed by atoms with Crippen molar-refractivity contribution in [3.05, 3.63) is 28.8 Å². The summed E-state index contributed by atoms with van der Waals surface area (Å²) in [5, 5.41) is -0.283. The molecule has 1 aromatic rings. The molecule has 0 amide bonds. The Hall–Kier alpha value is -0.670. The van der Waals surface area contributed by atoms with Crippen molar-refractivity contribution in [2.24, 2.45) is 5.73 Å². The van der Waals surface area contributed by atoms with Crippen LogP contribution >= 0.6 is 12.6 Å². The molecule has 1 rings (SSSR count). The average molecular weight is 197 g/mol. The van der Waals surface area contributed by atoms with Crippen molar-refractivity contribution in [1.29, 1.82) is 0 Å². The van der Waals surface area contributed by atoms with Gasteiger partial charge in [-0.05, 0) is 37.1 Å². The van der Waals surface area contributed by atoms with E-state index in [1.54, 1.807) is 7.11 Å². The zero-order valence-electron chi connectivity index (χ0n) is 8.16. The number of hydrogen-bond donors (Lipinski definition) is 2. The highest BCUT2D eigenvalue weighted by Gasteiger charge is 2.09. The lowest BCUT2D eigenvalue weighted by Crippen LogP contribution is -2.05. The monoisotopic (exact) mass is 197 g/mol. The number of methoxy groups -OCH3 is 1. The predicted octanol–water partition coefficient (Wildman–Crippen LogP) is 2.20. The quantitative estimate of drug-likeness (QED) is 0.563. The van der Waals surface area contributed by atoms with Gasteiger partial charge in [-0.2, -0.15) is 12.6 Å². The van der Waals surface area contributed by atoms with Crippen LogP contribution in [-0.2, 0) is 0 Å². The van der Waals surface area contributed by atoms with E-state index in [2.05, 4.69) is 19.6 Å². The van der Waals surface area contributed by atoms with Gasteiger partial charge in [-0.3, -0.25) is 0 Å². The number of nitrogens with two attached hydrogens (primary N) is 1. The van der Waals surface area contributed by atoms with Crippen LogP contribution in [0.1, 0.15) is 22.1 Å². The molecule has 0 aliphatic heterocycles. The first-order chi connectivity index (χ1) is 6.06. The van der Waals surface area contributed by atoms with E-state index >= 15 is 0 Å². The topological polar surface area (TPSA) is 35.2 Å².